The van der Waals surface area contributed by atoms with Crippen LogP contribution in [0.2, 0.25) is 0 Å². The number of aliphatic hydroxyl groups excluding tert-OH is 2. The first-order valence-corrected chi connectivity index (χ1v) is 12.5. The maximum Gasteiger partial charge on any atom is 0.697 e. The lowest BCUT2D eigenvalue weighted by Gasteiger charge is -2.14. The predicted molar refractivity (Wildman–Crippen MR) is 124 cm³/mol. The van der Waals surface area contributed by atoms with Crippen molar-refractivity contribution in [3.63, 3.8) is 0 Å². The molecule has 198 valence electrons. The largest absolute Gasteiger partial charge is 0.697 e. The highest BCUT2D eigenvalue weighted by Gasteiger charge is 2.44. The zero-order chi connectivity index (χ0) is 26.3. The van der Waals surface area contributed by atoms with Crippen LogP contribution in [-0.2, 0) is 23.1 Å². The minimum absolute atomic E-state index is 0.0738. The van der Waals surface area contributed by atoms with Gasteiger partial charge in [-0.05, 0) is 6.92 Å². The SMILES string of the molecule is Cc1cn([C@H]2C[C@@H](O[P+](=O)OC[C@H]3O[C@@H](n4cnc5c(N)ncnc54)C[C@H]3O)[C@@H](CO)O2)c(=O)[nH]c1=O. The summed E-state index contributed by atoms with van der Waals surface area (Å²) >= 11 is 0. The van der Waals surface area contributed by atoms with Crippen molar-refractivity contribution in [3.05, 3.63) is 45.3 Å². The monoisotopic (exact) mass is 538 g/mol. The Hall–Kier alpha value is -3.11. The predicted octanol–water partition coefficient (Wildman–Crippen LogP) is -0.745. The summed E-state index contributed by atoms with van der Waals surface area (Å²) in [5.41, 5.74) is 5.78. The van der Waals surface area contributed by atoms with Crippen molar-refractivity contribution < 1.29 is 33.3 Å². The molecule has 0 spiro atoms. The molecule has 2 aliphatic heterocycles. The summed E-state index contributed by atoms with van der Waals surface area (Å²) in [4.78, 5) is 38.2. The molecule has 7 atom stereocenters. The maximum atomic E-state index is 12.5. The smallest absolute Gasteiger partial charge is 0.394 e. The molecule has 5 heterocycles. The van der Waals surface area contributed by atoms with Gasteiger partial charge in [0.15, 0.2) is 11.5 Å². The summed E-state index contributed by atoms with van der Waals surface area (Å²) in [5, 5.41) is 20.1. The van der Waals surface area contributed by atoms with Crippen LogP contribution in [0.15, 0.2) is 28.4 Å². The Bertz CT molecular complexity index is 1430. The van der Waals surface area contributed by atoms with Gasteiger partial charge in [-0.2, -0.15) is 0 Å². The van der Waals surface area contributed by atoms with Crippen LogP contribution in [0.3, 0.4) is 0 Å². The van der Waals surface area contributed by atoms with Crippen molar-refractivity contribution >= 4 is 25.2 Å². The lowest BCUT2D eigenvalue weighted by atomic mass is 10.2. The number of rotatable bonds is 8. The number of nitrogens with two attached hydrogens (primary N) is 1. The van der Waals surface area contributed by atoms with Crippen molar-refractivity contribution in [1.82, 2.24) is 29.1 Å². The molecule has 0 bridgehead atoms. The van der Waals surface area contributed by atoms with Crippen LogP contribution in [0.25, 0.3) is 11.2 Å². The molecule has 5 rings (SSSR count). The van der Waals surface area contributed by atoms with E-state index in [1.165, 1.54) is 30.3 Å². The maximum absolute atomic E-state index is 12.5. The number of ether oxygens (including phenoxy) is 2. The minimum Gasteiger partial charge on any atom is -0.394 e. The van der Waals surface area contributed by atoms with Crippen molar-refractivity contribution in [1.29, 1.82) is 0 Å². The van der Waals surface area contributed by atoms with Crippen LogP contribution < -0.4 is 17.0 Å². The molecule has 17 heteroatoms. The molecule has 1 unspecified atom stereocenters. The van der Waals surface area contributed by atoms with E-state index < -0.39 is 63.0 Å². The van der Waals surface area contributed by atoms with Gasteiger partial charge in [-0.25, -0.2) is 19.7 Å². The number of hydrogen-bond acceptors (Lipinski definition) is 13. The van der Waals surface area contributed by atoms with Gasteiger partial charge in [0.2, 0.25) is 0 Å². The van der Waals surface area contributed by atoms with E-state index in [1.807, 2.05) is 0 Å². The van der Waals surface area contributed by atoms with Crippen molar-refractivity contribution in [2.45, 2.75) is 56.6 Å². The molecule has 0 saturated carbocycles. The zero-order valence-electron chi connectivity index (χ0n) is 19.5. The van der Waals surface area contributed by atoms with Gasteiger partial charge in [0, 0.05) is 29.2 Å². The van der Waals surface area contributed by atoms with Gasteiger partial charge < -0.3 is 25.4 Å². The van der Waals surface area contributed by atoms with Crippen molar-refractivity contribution in [2.75, 3.05) is 18.9 Å². The minimum atomic E-state index is -2.69. The average Bonchev–Trinajstić information content (AvgIpc) is 3.57. The number of H-pyrrole nitrogens is 1. The molecule has 5 N–H and O–H groups in total. The zero-order valence-corrected chi connectivity index (χ0v) is 20.4. The van der Waals surface area contributed by atoms with E-state index >= 15 is 0 Å². The number of nitrogens with zero attached hydrogens (tertiary/aromatic N) is 5. The molecule has 3 aromatic rings. The Morgan fingerprint density at radius 1 is 1.19 bits per heavy atom. The lowest BCUT2D eigenvalue weighted by Crippen LogP contribution is -2.33. The number of nitrogens with one attached hydrogen (secondary N) is 1. The topological polar surface area (TPSA) is 219 Å². The summed E-state index contributed by atoms with van der Waals surface area (Å²) in [6.07, 6.45) is -0.521. The van der Waals surface area contributed by atoms with Gasteiger partial charge in [0.05, 0.1) is 19.0 Å². The van der Waals surface area contributed by atoms with Crippen LogP contribution >= 0.6 is 8.25 Å². The van der Waals surface area contributed by atoms with E-state index in [0.29, 0.717) is 16.7 Å². The number of imidazole rings is 1. The molecule has 2 aliphatic rings. The fourth-order valence-electron chi connectivity index (χ4n) is 4.34. The van der Waals surface area contributed by atoms with E-state index in [0.717, 1.165) is 0 Å². The van der Waals surface area contributed by atoms with Crippen LogP contribution in [0, 0.1) is 6.92 Å². The molecule has 37 heavy (non-hydrogen) atoms. The molecule has 2 fully saturated rings. The van der Waals surface area contributed by atoms with Gasteiger partial charge in [-0.1, -0.05) is 0 Å². The summed E-state index contributed by atoms with van der Waals surface area (Å²) in [5.74, 6) is 0.219. The number of aliphatic hydroxyl groups is 2. The molecule has 3 aromatic heterocycles. The number of hydrogen-bond donors (Lipinski definition) is 4. The van der Waals surface area contributed by atoms with Gasteiger partial charge in [0.1, 0.15) is 49.2 Å². The van der Waals surface area contributed by atoms with Gasteiger partial charge in [0.25, 0.3) is 5.56 Å². The first kappa shape index (κ1) is 25.5. The molecule has 0 aromatic carbocycles. The summed E-state index contributed by atoms with van der Waals surface area (Å²) in [6, 6.07) is 0. The second-order valence-corrected chi connectivity index (χ2v) is 9.62. The Kier molecular flexibility index (Phi) is 7.13. The van der Waals surface area contributed by atoms with E-state index in [2.05, 4.69) is 19.9 Å². The molecule has 0 radical (unpaired) electrons. The normalized spacial score (nSPS) is 28.2. The third kappa shape index (κ3) is 5.04. The standard InChI is InChI=1S/C20H24N7O9P/c1-9-4-26(20(31)25-19(9)30)15-3-11(12(5-28)34-15)36-37(32)33-6-13-10(29)2-14(35-13)27-8-24-16-17(21)22-7-23-18(16)27/h4,7-8,10-15,28-29H,2-3,5-6H2,1H3,(H2-,21,22,23,25,30,31)/p+1/t10-,11-,12-,13-,14-,15-/m1/s1. The summed E-state index contributed by atoms with van der Waals surface area (Å²) in [6.45, 7) is 0.838. The van der Waals surface area contributed by atoms with E-state index in [4.69, 9.17) is 24.3 Å². The molecule has 0 amide bonds. The summed E-state index contributed by atoms with van der Waals surface area (Å²) in [7, 11) is -2.69. The van der Waals surface area contributed by atoms with Crippen molar-refractivity contribution in [3.8, 4) is 0 Å². The Morgan fingerprint density at radius 2 is 1.95 bits per heavy atom. The van der Waals surface area contributed by atoms with Gasteiger partial charge >= 0.3 is 13.9 Å². The van der Waals surface area contributed by atoms with E-state index in [9.17, 15) is 24.4 Å². The fourth-order valence-corrected chi connectivity index (χ4v) is 5.11. The second-order valence-electron chi connectivity index (χ2n) is 8.70. The van der Waals surface area contributed by atoms with Crippen LogP contribution in [0.1, 0.15) is 30.9 Å². The molecule has 0 aliphatic carbocycles. The van der Waals surface area contributed by atoms with Gasteiger partial charge in [-0.3, -0.25) is 18.9 Å². The Balaban J connectivity index is 1.18. The Labute approximate surface area is 208 Å². The number of anilines is 1. The highest BCUT2D eigenvalue weighted by molar-refractivity contribution is 7.33. The Morgan fingerprint density at radius 3 is 2.73 bits per heavy atom. The van der Waals surface area contributed by atoms with Crippen LogP contribution in [0.4, 0.5) is 5.82 Å². The third-order valence-electron chi connectivity index (χ3n) is 6.28. The van der Waals surface area contributed by atoms with Crippen LogP contribution in [-0.4, -0.2) is 76.9 Å². The quantitative estimate of drug-likeness (QED) is 0.260. The molecule has 16 nitrogen and oxygen atoms in total. The van der Waals surface area contributed by atoms with Crippen LogP contribution in [0.5, 0.6) is 0 Å². The molecular formula is C20H25N7O9P+. The number of nitrogen functional groups attached to an aromatic ring is 1. The second kappa shape index (κ2) is 10.3. The number of fused-ring (bicyclic) bond motifs is 1. The average molecular weight is 538 g/mol. The summed E-state index contributed by atoms with van der Waals surface area (Å²) < 4.78 is 37.6. The molecular weight excluding hydrogens is 513 g/mol. The number of aromatic nitrogens is 6. The number of aromatic amines is 1. The first-order chi connectivity index (χ1) is 17.7. The highest BCUT2D eigenvalue weighted by Crippen LogP contribution is 2.38. The number of aryl methyl sites for hydroxylation is 1. The fraction of sp³-hybridized carbons (Fsp3) is 0.550. The third-order valence-corrected chi connectivity index (χ3v) is 7.09. The first-order valence-electron chi connectivity index (χ1n) is 11.4. The van der Waals surface area contributed by atoms with Crippen molar-refractivity contribution in [2.24, 2.45) is 0 Å². The molecule has 2 saturated heterocycles. The highest BCUT2D eigenvalue weighted by atomic mass is 31.1. The van der Waals surface area contributed by atoms with E-state index in [1.54, 1.807) is 4.57 Å². The van der Waals surface area contributed by atoms with Gasteiger partial charge in [-0.15, -0.1) is 9.05 Å². The van der Waals surface area contributed by atoms with E-state index in [-0.39, 0.29) is 25.3 Å². The lowest BCUT2D eigenvalue weighted by molar-refractivity contribution is -0.0492.